The van der Waals surface area contributed by atoms with Gasteiger partial charge in [-0.25, -0.2) is 4.79 Å². The fourth-order valence-corrected chi connectivity index (χ4v) is 3.73. The number of nitrogens with zero attached hydrogens (tertiary/aromatic N) is 1. The molecule has 0 fully saturated rings. The van der Waals surface area contributed by atoms with Gasteiger partial charge >= 0.3 is 5.97 Å². The monoisotopic (exact) mass is 563 g/mol. The van der Waals surface area contributed by atoms with Gasteiger partial charge < -0.3 is 26.0 Å². The molecular weight excluding hydrogens is 522 g/mol. The van der Waals surface area contributed by atoms with Crippen LogP contribution < -0.4 is 26.0 Å². The van der Waals surface area contributed by atoms with E-state index in [4.69, 9.17) is 4.74 Å². The van der Waals surface area contributed by atoms with Crippen LogP contribution in [0.25, 0.3) is 0 Å². The topological polar surface area (TPSA) is 186 Å². The molecule has 0 aliphatic carbocycles. The van der Waals surface area contributed by atoms with E-state index >= 15 is 0 Å². The Morgan fingerprint density at radius 2 is 1.40 bits per heavy atom. The highest BCUT2D eigenvalue weighted by Crippen LogP contribution is 2.18. The Bertz CT molecular complexity index is 1010. The molecule has 4 N–H and O–H groups in total. The van der Waals surface area contributed by atoms with Crippen LogP contribution in [0.5, 0.6) is 5.75 Å². The van der Waals surface area contributed by atoms with E-state index in [1.165, 1.54) is 24.3 Å². The lowest BCUT2D eigenvalue weighted by Crippen LogP contribution is -2.58. The highest BCUT2D eigenvalue weighted by atomic mass is 16.6. The zero-order valence-corrected chi connectivity index (χ0v) is 23.6. The Balaban J connectivity index is 2.75. The molecule has 1 aromatic rings. The quantitative estimate of drug-likeness (QED) is 0.0688. The summed E-state index contributed by atoms with van der Waals surface area (Å²) in [6.45, 7) is 7.18. The summed E-state index contributed by atoms with van der Waals surface area (Å²) in [4.78, 5) is 72.0. The van der Waals surface area contributed by atoms with Crippen molar-refractivity contribution in [2.45, 2.75) is 97.2 Å². The number of benzene rings is 1. The second-order valence-corrected chi connectivity index (χ2v) is 9.15. The molecule has 40 heavy (non-hydrogen) atoms. The fourth-order valence-electron chi connectivity index (χ4n) is 3.73. The molecule has 0 heterocycles. The fraction of sp³-hybridized carbons (Fsp3) is 0.593. The van der Waals surface area contributed by atoms with Crippen LogP contribution in [-0.4, -0.2) is 59.2 Å². The SMILES string of the molecule is CCCC(NC(=O)CC)C(NC(=O)CC)C(=O)NCCCCC(NC(=O)CC)C(=O)Oc1ccc([N+](=O)[O-])cc1. The molecule has 3 atom stereocenters. The molecule has 3 unspecified atom stereocenters. The number of non-ortho nitro benzene ring substituents is 1. The molecule has 0 aromatic heterocycles. The average molecular weight is 564 g/mol. The summed E-state index contributed by atoms with van der Waals surface area (Å²) in [5.74, 6) is -1.91. The van der Waals surface area contributed by atoms with E-state index < -0.39 is 34.9 Å². The molecule has 13 nitrogen and oxygen atoms in total. The lowest BCUT2D eigenvalue weighted by molar-refractivity contribution is -0.384. The van der Waals surface area contributed by atoms with Gasteiger partial charge in [-0.15, -0.1) is 0 Å². The normalized spacial score (nSPS) is 12.8. The van der Waals surface area contributed by atoms with Gasteiger partial charge in [-0.2, -0.15) is 0 Å². The van der Waals surface area contributed by atoms with Crippen molar-refractivity contribution >= 4 is 35.3 Å². The summed E-state index contributed by atoms with van der Waals surface area (Å²) >= 11 is 0. The number of rotatable bonds is 18. The van der Waals surface area contributed by atoms with Crippen LogP contribution in [0.3, 0.4) is 0 Å². The van der Waals surface area contributed by atoms with Gasteiger partial charge in [0.25, 0.3) is 5.69 Å². The molecule has 1 rings (SSSR count). The predicted molar refractivity (Wildman–Crippen MR) is 147 cm³/mol. The molecule has 13 heteroatoms. The van der Waals surface area contributed by atoms with E-state index in [0.29, 0.717) is 25.7 Å². The number of ether oxygens (including phenoxy) is 1. The van der Waals surface area contributed by atoms with Gasteiger partial charge in [0.1, 0.15) is 17.8 Å². The predicted octanol–water partition coefficient (Wildman–Crippen LogP) is 2.27. The van der Waals surface area contributed by atoms with Gasteiger partial charge in [0, 0.05) is 37.9 Å². The second kappa shape index (κ2) is 18.3. The Labute approximate surface area is 234 Å². The molecule has 0 aliphatic rings. The summed E-state index contributed by atoms with van der Waals surface area (Å²) in [7, 11) is 0. The third kappa shape index (κ3) is 12.2. The van der Waals surface area contributed by atoms with E-state index in [1.807, 2.05) is 6.92 Å². The minimum absolute atomic E-state index is 0.107. The number of nitrogens with one attached hydrogen (secondary N) is 4. The zero-order valence-electron chi connectivity index (χ0n) is 23.6. The molecule has 222 valence electrons. The first-order valence-electron chi connectivity index (χ1n) is 13.7. The molecule has 0 saturated carbocycles. The number of nitro groups is 1. The maximum Gasteiger partial charge on any atom is 0.334 e. The maximum atomic E-state index is 13.0. The molecule has 4 amide bonds. The van der Waals surface area contributed by atoms with E-state index in [0.717, 1.165) is 0 Å². The zero-order chi connectivity index (χ0) is 30.1. The summed E-state index contributed by atoms with van der Waals surface area (Å²) < 4.78 is 5.30. The van der Waals surface area contributed by atoms with Crippen molar-refractivity contribution in [1.29, 1.82) is 0 Å². The maximum absolute atomic E-state index is 13.0. The second-order valence-electron chi connectivity index (χ2n) is 9.15. The van der Waals surface area contributed by atoms with Gasteiger partial charge in [0.05, 0.1) is 11.0 Å². The number of esters is 1. The summed E-state index contributed by atoms with van der Waals surface area (Å²) in [6.07, 6.45) is 2.93. The van der Waals surface area contributed by atoms with Crippen LogP contribution in [0, 0.1) is 10.1 Å². The average Bonchev–Trinajstić information content (AvgIpc) is 2.94. The Hall–Kier alpha value is -4.03. The third-order valence-corrected chi connectivity index (χ3v) is 6.02. The Kier molecular flexibility index (Phi) is 15.5. The highest BCUT2D eigenvalue weighted by Gasteiger charge is 2.30. The first-order chi connectivity index (χ1) is 19.1. The Morgan fingerprint density at radius 1 is 0.825 bits per heavy atom. The molecule has 0 radical (unpaired) electrons. The van der Waals surface area contributed by atoms with E-state index in [1.54, 1.807) is 20.8 Å². The molecule has 0 bridgehead atoms. The standard InChI is InChI=1S/C27H41N5O8/c1-5-11-20(29-22(33)6-2)25(31-24(35)8-4)26(36)28-17-10-9-12-21(30-23(34)7-3)27(37)40-19-15-13-18(14-16-19)32(38)39/h13-16,20-21,25H,5-12,17H2,1-4H3,(H,28,36)(H,29,33)(H,30,34)(H,31,35). The van der Waals surface area contributed by atoms with Crippen molar-refractivity contribution < 1.29 is 33.6 Å². The Morgan fingerprint density at radius 3 is 1.95 bits per heavy atom. The first kappa shape index (κ1) is 34.0. The van der Waals surface area contributed by atoms with Crippen molar-refractivity contribution in [2.24, 2.45) is 0 Å². The first-order valence-corrected chi connectivity index (χ1v) is 13.7. The third-order valence-electron chi connectivity index (χ3n) is 6.02. The molecule has 0 aliphatic heterocycles. The minimum Gasteiger partial charge on any atom is -0.425 e. The van der Waals surface area contributed by atoms with Gasteiger partial charge in [-0.05, 0) is 37.8 Å². The van der Waals surface area contributed by atoms with Gasteiger partial charge in [-0.1, -0.05) is 34.1 Å². The lowest BCUT2D eigenvalue weighted by atomic mass is 10.0. The van der Waals surface area contributed by atoms with Crippen LogP contribution in [0.1, 0.15) is 79.1 Å². The number of unbranched alkanes of at least 4 members (excludes halogenated alkanes) is 1. The van der Waals surface area contributed by atoms with E-state index in [9.17, 15) is 34.1 Å². The number of nitro benzene ring substituents is 1. The van der Waals surface area contributed by atoms with Crippen molar-refractivity contribution in [1.82, 2.24) is 21.3 Å². The molecule has 0 spiro atoms. The van der Waals surface area contributed by atoms with Crippen LogP contribution in [-0.2, 0) is 24.0 Å². The van der Waals surface area contributed by atoms with Gasteiger partial charge in [-0.3, -0.25) is 29.3 Å². The number of hydrogen-bond acceptors (Lipinski definition) is 8. The minimum atomic E-state index is -0.951. The smallest absolute Gasteiger partial charge is 0.334 e. The number of amides is 4. The van der Waals surface area contributed by atoms with Crippen LogP contribution in [0.2, 0.25) is 0 Å². The summed E-state index contributed by atoms with van der Waals surface area (Å²) in [5.41, 5.74) is -0.150. The molecule has 1 aromatic carbocycles. The largest absolute Gasteiger partial charge is 0.425 e. The molecular formula is C27H41N5O8. The van der Waals surface area contributed by atoms with Crippen LogP contribution in [0.4, 0.5) is 5.69 Å². The van der Waals surface area contributed by atoms with Gasteiger partial charge in [0.15, 0.2) is 0 Å². The highest BCUT2D eigenvalue weighted by molar-refractivity contribution is 5.89. The van der Waals surface area contributed by atoms with Crippen molar-refractivity contribution in [3.63, 3.8) is 0 Å². The lowest BCUT2D eigenvalue weighted by Gasteiger charge is -2.28. The number of carbonyl (C=O) groups is 5. The molecule has 0 saturated heterocycles. The van der Waals surface area contributed by atoms with E-state index in [-0.39, 0.29) is 61.4 Å². The van der Waals surface area contributed by atoms with Crippen molar-refractivity contribution in [3.8, 4) is 5.75 Å². The van der Waals surface area contributed by atoms with Crippen LogP contribution in [0.15, 0.2) is 24.3 Å². The number of carbonyl (C=O) groups excluding carboxylic acids is 5. The van der Waals surface area contributed by atoms with Crippen molar-refractivity contribution in [3.05, 3.63) is 34.4 Å². The van der Waals surface area contributed by atoms with Crippen molar-refractivity contribution in [2.75, 3.05) is 6.54 Å². The summed E-state index contributed by atoms with van der Waals surface area (Å²) in [5, 5.41) is 21.7. The summed E-state index contributed by atoms with van der Waals surface area (Å²) in [6, 6.07) is 2.57. The van der Waals surface area contributed by atoms with E-state index in [2.05, 4.69) is 21.3 Å². The van der Waals surface area contributed by atoms with Gasteiger partial charge in [0.2, 0.25) is 23.6 Å². The van der Waals surface area contributed by atoms with Crippen LogP contribution >= 0.6 is 0 Å². The number of hydrogen-bond donors (Lipinski definition) is 4.